The largest absolute Gasteiger partial charge is 0.399 e. The lowest BCUT2D eigenvalue weighted by Crippen LogP contribution is -2.57. The van der Waals surface area contributed by atoms with Crippen LogP contribution in [0.2, 0.25) is 0 Å². The SMILES string of the molecule is Cc1cc(N)ccc1S(=O)(=O)NC(C)(C)C(C)(C)O. The van der Waals surface area contributed by atoms with E-state index in [4.69, 9.17) is 5.73 Å². The van der Waals surface area contributed by atoms with Crippen molar-refractivity contribution in [2.75, 3.05) is 5.73 Å². The monoisotopic (exact) mass is 286 g/mol. The maximum Gasteiger partial charge on any atom is 0.241 e. The lowest BCUT2D eigenvalue weighted by Gasteiger charge is -2.37. The first-order valence-electron chi connectivity index (χ1n) is 5.99. The number of nitrogen functional groups attached to an aromatic ring is 1. The van der Waals surface area contributed by atoms with Crippen LogP contribution in [0.1, 0.15) is 33.3 Å². The highest BCUT2D eigenvalue weighted by Gasteiger charge is 2.39. The third-order valence-electron chi connectivity index (χ3n) is 3.41. The topological polar surface area (TPSA) is 92.4 Å². The Kier molecular flexibility index (Phi) is 4.01. The minimum absolute atomic E-state index is 0.166. The summed E-state index contributed by atoms with van der Waals surface area (Å²) in [7, 11) is -3.71. The van der Waals surface area contributed by atoms with Gasteiger partial charge in [0.25, 0.3) is 0 Å². The Balaban J connectivity index is 3.20. The van der Waals surface area contributed by atoms with Gasteiger partial charge in [-0.3, -0.25) is 0 Å². The van der Waals surface area contributed by atoms with Crippen LogP contribution in [0, 0.1) is 6.92 Å². The molecule has 0 amide bonds. The molecule has 0 heterocycles. The van der Waals surface area contributed by atoms with Gasteiger partial charge in [0.1, 0.15) is 0 Å². The van der Waals surface area contributed by atoms with E-state index in [1.54, 1.807) is 46.8 Å². The van der Waals surface area contributed by atoms with E-state index in [1.165, 1.54) is 6.07 Å². The number of anilines is 1. The third-order valence-corrected chi connectivity index (χ3v) is 5.22. The minimum atomic E-state index is -3.71. The summed E-state index contributed by atoms with van der Waals surface area (Å²) in [4.78, 5) is 0.166. The summed E-state index contributed by atoms with van der Waals surface area (Å²) in [6, 6.07) is 4.61. The average Bonchev–Trinajstić information content (AvgIpc) is 2.12. The van der Waals surface area contributed by atoms with E-state index >= 15 is 0 Å². The second-order valence-electron chi connectivity index (χ2n) is 5.81. The molecule has 6 heteroatoms. The van der Waals surface area contributed by atoms with Gasteiger partial charge >= 0.3 is 0 Å². The zero-order chi connectivity index (χ0) is 15.1. The van der Waals surface area contributed by atoms with E-state index in [-0.39, 0.29) is 4.90 Å². The molecule has 0 radical (unpaired) electrons. The standard InChI is InChI=1S/C13H22N2O3S/c1-9-8-10(14)6-7-11(9)19(17,18)15-12(2,3)13(4,5)16/h6-8,15-16H,14H2,1-5H3. The van der Waals surface area contributed by atoms with Gasteiger partial charge in [-0.2, -0.15) is 0 Å². The summed E-state index contributed by atoms with van der Waals surface area (Å²) < 4.78 is 27.3. The van der Waals surface area contributed by atoms with Gasteiger partial charge in [0, 0.05) is 5.69 Å². The molecule has 0 bridgehead atoms. The van der Waals surface area contributed by atoms with Crippen LogP contribution in [-0.2, 0) is 10.0 Å². The fraction of sp³-hybridized carbons (Fsp3) is 0.538. The number of nitrogens with one attached hydrogen (secondary N) is 1. The highest BCUT2D eigenvalue weighted by atomic mass is 32.2. The Morgan fingerprint density at radius 2 is 1.74 bits per heavy atom. The summed E-state index contributed by atoms with van der Waals surface area (Å²) in [5.41, 5.74) is 4.50. The second-order valence-corrected chi connectivity index (χ2v) is 7.47. The van der Waals surface area contributed by atoms with E-state index in [1.807, 2.05) is 0 Å². The molecule has 1 rings (SSSR count). The molecular formula is C13H22N2O3S. The molecule has 19 heavy (non-hydrogen) atoms. The molecule has 0 saturated heterocycles. The lowest BCUT2D eigenvalue weighted by molar-refractivity contribution is 0.00638. The van der Waals surface area contributed by atoms with Crippen LogP contribution in [0.4, 0.5) is 5.69 Å². The van der Waals surface area contributed by atoms with E-state index < -0.39 is 21.2 Å². The summed E-state index contributed by atoms with van der Waals surface area (Å²) in [5, 5.41) is 10.0. The van der Waals surface area contributed by atoms with Crippen LogP contribution < -0.4 is 10.5 Å². The quantitative estimate of drug-likeness (QED) is 0.730. The number of rotatable bonds is 4. The van der Waals surface area contributed by atoms with E-state index in [0.29, 0.717) is 11.3 Å². The normalized spacial score (nSPS) is 13.6. The van der Waals surface area contributed by atoms with Gasteiger partial charge in [0.2, 0.25) is 10.0 Å². The van der Waals surface area contributed by atoms with Crippen molar-refractivity contribution in [1.29, 1.82) is 0 Å². The predicted molar refractivity (Wildman–Crippen MR) is 76.3 cm³/mol. The van der Waals surface area contributed by atoms with E-state index in [9.17, 15) is 13.5 Å². The Morgan fingerprint density at radius 3 is 2.16 bits per heavy atom. The molecule has 0 aliphatic carbocycles. The van der Waals surface area contributed by atoms with Gasteiger partial charge in [-0.15, -0.1) is 0 Å². The molecule has 0 atom stereocenters. The highest BCUT2D eigenvalue weighted by molar-refractivity contribution is 7.89. The number of aryl methyl sites for hydroxylation is 1. The Bertz CT molecular complexity index is 572. The van der Waals surface area contributed by atoms with Crippen LogP contribution in [-0.4, -0.2) is 24.7 Å². The average molecular weight is 286 g/mol. The zero-order valence-electron chi connectivity index (χ0n) is 12.0. The molecule has 0 aromatic heterocycles. The first-order chi connectivity index (χ1) is 8.37. The second kappa shape index (κ2) is 4.77. The predicted octanol–water partition coefficient (Wildman–Crippen LogP) is 1.41. The van der Waals surface area contributed by atoms with Crippen molar-refractivity contribution in [3.63, 3.8) is 0 Å². The first-order valence-corrected chi connectivity index (χ1v) is 7.48. The van der Waals surface area contributed by atoms with Crippen LogP contribution in [0.5, 0.6) is 0 Å². The van der Waals surface area contributed by atoms with Crippen molar-refractivity contribution in [2.24, 2.45) is 0 Å². The molecule has 4 N–H and O–H groups in total. The number of hydrogen-bond acceptors (Lipinski definition) is 4. The smallest absolute Gasteiger partial charge is 0.241 e. The Labute approximate surface area is 114 Å². The van der Waals surface area contributed by atoms with Crippen molar-refractivity contribution in [2.45, 2.75) is 50.7 Å². The number of nitrogens with two attached hydrogens (primary N) is 1. The van der Waals surface area contributed by atoms with Crippen LogP contribution >= 0.6 is 0 Å². The summed E-state index contributed by atoms with van der Waals surface area (Å²) in [6.07, 6.45) is 0. The van der Waals surface area contributed by atoms with Crippen molar-refractivity contribution >= 4 is 15.7 Å². The van der Waals surface area contributed by atoms with Gasteiger partial charge in [-0.1, -0.05) is 0 Å². The number of benzene rings is 1. The van der Waals surface area contributed by atoms with Crippen LogP contribution in [0.15, 0.2) is 23.1 Å². The summed E-state index contributed by atoms with van der Waals surface area (Å²) in [5.74, 6) is 0. The number of aliphatic hydroxyl groups is 1. The fourth-order valence-corrected chi connectivity index (χ4v) is 3.25. The minimum Gasteiger partial charge on any atom is -0.399 e. The molecule has 0 aliphatic heterocycles. The highest BCUT2D eigenvalue weighted by Crippen LogP contribution is 2.25. The third kappa shape index (κ3) is 3.46. The van der Waals surface area contributed by atoms with Crippen molar-refractivity contribution in [3.8, 4) is 0 Å². The molecule has 0 aliphatic rings. The van der Waals surface area contributed by atoms with Gasteiger partial charge in [-0.05, 0) is 58.4 Å². The van der Waals surface area contributed by atoms with Gasteiger partial charge in [-0.25, -0.2) is 13.1 Å². The molecule has 0 unspecified atom stereocenters. The number of hydrogen-bond donors (Lipinski definition) is 3. The fourth-order valence-electron chi connectivity index (χ4n) is 1.49. The molecular weight excluding hydrogens is 264 g/mol. The Hall–Kier alpha value is -1.11. The molecule has 108 valence electrons. The molecule has 1 aromatic rings. The van der Waals surface area contributed by atoms with E-state index in [0.717, 1.165) is 0 Å². The lowest BCUT2D eigenvalue weighted by atomic mass is 9.87. The summed E-state index contributed by atoms with van der Waals surface area (Å²) in [6.45, 7) is 8.08. The van der Waals surface area contributed by atoms with Crippen LogP contribution in [0.25, 0.3) is 0 Å². The summed E-state index contributed by atoms with van der Waals surface area (Å²) >= 11 is 0. The molecule has 1 aromatic carbocycles. The van der Waals surface area contributed by atoms with E-state index in [2.05, 4.69) is 4.72 Å². The zero-order valence-corrected chi connectivity index (χ0v) is 12.8. The molecule has 0 spiro atoms. The molecule has 0 saturated carbocycles. The number of sulfonamides is 1. The Morgan fingerprint density at radius 1 is 1.21 bits per heavy atom. The van der Waals surface area contributed by atoms with Gasteiger partial charge in [0.15, 0.2) is 0 Å². The van der Waals surface area contributed by atoms with Gasteiger partial charge in [0.05, 0.1) is 16.0 Å². The molecule has 0 fully saturated rings. The van der Waals surface area contributed by atoms with Crippen molar-refractivity contribution in [3.05, 3.63) is 23.8 Å². The maximum atomic E-state index is 12.4. The van der Waals surface area contributed by atoms with Crippen molar-refractivity contribution in [1.82, 2.24) is 4.72 Å². The maximum absolute atomic E-state index is 12.4. The van der Waals surface area contributed by atoms with Crippen molar-refractivity contribution < 1.29 is 13.5 Å². The van der Waals surface area contributed by atoms with Gasteiger partial charge < -0.3 is 10.8 Å². The van der Waals surface area contributed by atoms with Crippen LogP contribution in [0.3, 0.4) is 0 Å². The molecule has 5 nitrogen and oxygen atoms in total. The first kappa shape index (κ1) is 15.9.